The number of hydrogen-bond acceptors (Lipinski definition) is 6. The van der Waals surface area contributed by atoms with Gasteiger partial charge in [-0.3, -0.25) is 9.97 Å². The van der Waals surface area contributed by atoms with Crippen LogP contribution in [0.15, 0.2) is 24.3 Å². The molecule has 3 aromatic heterocycles. The molecule has 5 heterocycles. The van der Waals surface area contributed by atoms with Crippen molar-refractivity contribution in [3.8, 4) is 23.0 Å². The van der Waals surface area contributed by atoms with Crippen molar-refractivity contribution in [2.24, 2.45) is 0 Å². The molecule has 0 fully saturated rings. The zero-order valence-corrected chi connectivity index (χ0v) is 14.8. The predicted molar refractivity (Wildman–Crippen MR) is 102 cm³/mol. The zero-order valence-electron chi connectivity index (χ0n) is 14.8. The molecule has 0 aromatic carbocycles. The van der Waals surface area contributed by atoms with Crippen molar-refractivity contribution < 1.29 is 20.4 Å². The van der Waals surface area contributed by atoms with Crippen LogP contribution in [0.2, 0.25) is 0 Å². The molecule has 0 saturated heterocycles. The van der Waals surface area contributed by atoms with Crippen molar-refractivity contribution in [1.29, 1.82) is 0 Å². The van der Waals surface area contributed by atoms with Crippen LogP contribution in [0.3, 0.4) is 0 Å². The smallest absolute Gasteiger partial charge is 0.183 e. The Balaban J connectivity index is 1.89. The Hall–Kier alpha value is -3.68. The normalized spacial score (nSPS) is 13.7. The average molecular weight is 378 g/mol. The number of hydrogen-bond donors (Lipinski definition) is 6. The number of fused-ring (bicyclic) bond motifs is 8. The first-order chi connectivity index (χ1) is 13.5. The van der Waals surface area contributed by atoms with Gasteiger partial charge in [0.05, 0.1) is 22.1 Å². The monoisotopic (exact) mass is 378 g/mol. The van der Waals surface area contributed by atoms with Gasteiger partial charge in [0.1, 0.15) is 0 Å². The standard InChI is InChI=1S/C20H18N4O4/c25-17-13-5-9-1-2-10(21-9)6-14-18(26)20(28)16(24-14)8-12-4-3-11(22-12)7-15(23-13)19(17)27/h5-8,23-28H,1-4H2. The molecule has 3 aromatic rings. The molecule has 0 aliphatic carbocycles. The number of nitrogens with one attached hydrogen (secondary N) is 2. The highest BCUT2D eigenvalue weighted by Gasteiger charge is 2.15. The first-order valence-corrected chi connectivity index (χ1v) is 9.01. The third-order valence-electron chi connectivity index (χ3n) is 5.10. The third kappa shape index (κ3) is 2.61. The maximum Gasteiger partial charge on any atom is 0.183 e. The van der Waals surface area contributed by atoms with Gasteiger partial charge >= 0.3 is 0 Å². The van der Waals surface area contributed by atoms with E-state index in [9.17, 15) is 20.4 Å². The van der Waals surface area contributed by atoms with Gasteiger partial charge in [-0.15, -0.1) is 0 Å². The lowest BCUT2D eigenvalue weighted by Crippen LogP contribution is -1.78. The van der Waals surface area contributed by atoms with E-state index >= 15 is 0 Å². The van der Waals surface area contributed by atoms with E-state index < -0.39 is 0 Å². The summed E-state index contributed by atoms with van der Waals surface area (Å²) in [6.07, 6.45) is 2.62. The molecule has 6 N–H and O–H groups in total. The van der Waals surface area contributed by atoms with Crippen molar-refractivity contribution in [3.63, 3.8) is 0 Å². The second-order valence-corrected chi connectivity index (χ2v) is 7.07. The molecule has 142 valence electrons. The molecule has 0 spiro atoms. The fraction of sp³-hybridized carbons (Fsp3) is 0.200. The number of aryl methyl sites for hydroxylation is 4. The number of aromatic nitrogens is 4. The molecular weight excluding hydrogens is 360 g/mol. The summed E-state index contributed by atoms with van der Waals surface area (Å²) in [6.45, 7) is 0. The Morgan fingerprint density at radius 2 is 0.750 bits per heavy atom. The summed E-state index contributed by atoms with van der Waals surface area (Å²) < 4.78 is 0. The zero-order chi connectivity index (χ0) is 19.4. The number of H-pyrrole nitrogens is 2. The molecule has 2 aliphatic heterocycles. The summed E-state index contributed by atoms with van der Waals surface area (Å²) in [6, 6.07) is 6.77. The fourth-order valence-corrected chi connectivity index (χ4v) is 3.64. The largest absolute Gasteiger partial charge is 0.503 e. The lowest BCUT2D eigenvalue weighted by molar-refractivity contribution is 0.414. The van der Waals surface area contributed by atoms with Crippen LogP contribution in [0.25, 0.3) is 22.1 Å². The molecule has 8 heteroatoms. The Labute approximate surface area is 158 Å². The second kappa shape index (κ2) is 5.91. The molecule has 28 heavy (non-hydrogen) atoms. The lowest BCUT2D eigenvalue weighted by atomic mass is 10.2. The van der Waals surface area contributed by atoms with Crippen molar-refractivity contribution in [3.05, 3.63) is 47.0 Å². The van der Waals surface area contributed by atoms with Crippen LogP contribution in [-0.4, -0.2) is 40.4 Å². The molecule has 0 amide bonds. The topological polar surface area (TPSA) is 138 Å². The molecule has 5 rings (SSSR count). The Morgan fingerprint density at radius 3 is 1.00 bits per heavy atom. The third-order valence-corrected chi connectivity index (χ3v) is 5.10. The maximum atomic E-state index is 10.2. The van der Waals surface area contributed by atoms with E-state index in [-0.39, 0.29) is 23.0 Å². The minimum atomic E-state index is -0.221. The fourth-order valence-electron chi connectivity index (χ4n) is 3.64. The van der Waals surface area contributed by atoms with Crippen LogP contribution in [-0.2, 0) is 25.7 Å². The van der Waals surface area contributed by atoms with Crippen LogP contribution in [0.5, 0.6) is 23.0 Å². The molecule has 0 radical (unpaired) electrons. The van der Waals surface area contributed by atoms with E-state index in [1.54, 1.807) is 24.3 Å². The van der Waals surface area contributed by atoms with Gasteiger partial charge in [-0.2, -0.15) is 0 Å². The highest BCUT2D eigenvalue weighted by Crippen LogP contribution is 2.36. The van der Waals surface area contributed by atoms with Gasteiger partial charge in [0.2, 0.25) is 0 Å². The minimum absolute atomic E-state index is 0.221. The van der Waals surface area contributed by atoms with Crippen LogP contribution in [0, 0.1) is 0 Å². The van der Waals surface area contributed by atoms with Gasteiger partial charge in [0.15, 0.2) is 23.0 Å². The van der Waals surface area contributed by atoms with Gasteiger partial charge in [0, 0.05) is 22.8 Å². The minimum Gasteiger partial charge on any atom is -0.503 e. The highest BCUT2D eigenvalue weighted by atomic mass is 16.3. The first-order valence-electron chi connectivity index (χ1n) is 9.01. The Kier molecular flexibility index (Phi) is 3.48. The van der Waals surface area contributed by atoms with Gasteiger partial charge in [0.25, 0.3) is 0 Å². The summed E-state index contributed by atoms with van der Waals surface area (Å²) in [4.78, 5) is 15.1. The van der Waals surface area contributed by atoms with Crippen molar-refractivity contribution in [2.45, 2.75) is 25.7 Å². The Bertz CT molecular complexity index is 1080. The van der Waals surface area contributed by atoms with Crippen molar-refractivity contribution >= 4 is 22.1 Å². The average Bonchev–Trinajstić information content (AvgIpc) is 3.41. The first kappa shape index (κ1) is 16.5. The van der Waals surface area contributed by atoms with E-state index in [0.717, 1.165) is 22.8 Å². The summed E-state index contributed by atoms with van der Waals surface area (Å²) >= 11 is 0. The summed E-state index contributed by atoms with van der Waals surface area (Å²) in [5.74, 6) is -0.884. The summed E-state index contributed by atoms with van der Waals surface area (Å²) in [5.41, 5.74) is 4.46. The van der Waals surface area contributed by atoms with E-state index in [1.165, 1.54) is 0 Å². The van der Waals surface area contributed by atoms with Gasteiger partial charge in [-0.05, 0) is 49.9 Å². The Morgan fingerprint density at radius 1 is 0.500 bits per heavy atom. The SMILES string of the molecule is Oc1c(O)c2cc3nc(cc4[nH]c(cc5nc(cc1[nH]2)CC5)c(O)c4O)CC3. The van der Waals surface area contributed by atoms with Gasteiger partial charge in [-0.25, -0.2) is 0 Å². The molecule has 2 aliphatic rings. The van der Waals surface area contributed by atoms with E-state index in [1.807, 2.05) is 0 Å². The number of aromatic hydroxyl groups is 4. The lowest BCUT2D eigenvalue weighted by Gasteiger charge is -1.88. The number of rotatable bonds is 0. The van der Waals surface area contributed by atoms with E-state index in [2.05, 4.69) is 19.9 Å². The predicted octanol–water partition coefficient (Wildman–Crippen LogP) is 2.71. The molecule has 0 atom stereocenters. The molecule has 8 nitrogen and oxygen atoms in total. The van der Waals surface area contributed by atoms with Crippen molar-refractivity contribution in [2.75, 3.05) is 0 Å². The van der Waals surface area contributed by atoms with Crippen LogP contribution >= 0.6 is 0 Å². The maximum absolute atomic E-state index is 10.2. The van der Waals surface area contributed by atoms with Gasteiger partial charge in [-0.1, -0.05) is 0 Å². The molecule has 0 saturated carbocycles. The van der Waals surface area contributed by atoms with Crippen molar-refractivity contribution in [1.82, 2.24) is 19.9 Å². The quantitative estimate of drug-likeness (QED) is 0.356. The summed E-state index contributed by atoms with van der Waals surface area (Å²) in [7, 11) is 0. The highest BCUT2D eigenvalue weighted by molar-refractivity contribution is 5.80. The molecule has 0 unspecified atom stereocenters. The van der Waals surface area contributed by atoms with E-state index in [0.29, 0.717) is 47.8 Å². The molecular formula is C20H18N4O4. The van der Waals surface area contributed by atoms with Crippen LogP contribution in [0.1, 0.15) is 22.8 Å². The van der Waals surface area contributed by atoms with Crippen LogP contribution < -0.4 is 0 Å². The second-order valence-electron chi connectivity index (χ2n) is 7.07. The summed E-state index contributed by atoms with van der Waals surface area (Å²) in [5, 5.41) is 41.0. The molecule has 8 bridgehead atoms. The number of aromatic amines is 2. The van der Waals surface area contributed by atoms with Gasteiger partial charge < -0.3 is 30.4 Å². The number of nitrogens with zero attached hydrogens (tertiary/aromatic N) is 2. The van der Waals surface area contributed by atoms with Crippen LogP contribution in [0.4, 0.5) is 0 Å². The van der Waals surface area contributed by atoms with E-state index in [4.69, 9.17) is 0 Å².